The first kappa shape index (κ1) is 11.9. The van der Waals surface area contributed by atoms with E-state index in [4.69, 9.17) is 12.2 Å². The van der Waals surface area contributed by atoms with E-state index in [0.29, 0.717) is 5.92 Å². The van der Waals surface area contributed by atoms with Crippen LogP contribution in [0.25, 0.3) is 11.0 Å². The smallest absolute Gasteiger partial charge is 0.178 e. The average Bonchev–Trinajstić information content (AvgIpc) is 2.50. The Balaban J connectivity index is 2.44. The lowest BCUT2D eigenvalue weighted by Crippen LogP contribution is -2.01. The van der Waals surface area contributed by atoms with E-state index >= 15 is 0 Å². The molecular formula is C12H15BrN2S. The Kier molecular flexibility index (Phi) is 3.50. The summed E-state index contributed by atoms with van der Waals surface area (Å²) in [6.07, 6.45) is 1.15. The van der Waals surface area contributed by atoms with Gasteiger partial charge in [-0.3, -0.25) is 0 Å². The third-order valence-electron chi connectivity index (χ3n) is 2.67. The zero-order chi connectivity index (χ0) is 11.7. The minimum Gasteiger partial charge on any atom is -0.331 e. The third-order valence-corrected chi connectivity index (χ3v) is 3.48. The molecule has 1 aromatic carbocycles. The Morgan fingerprint density at radius 2 is 2.19 bits per heavy atom. The predicted octanol–water partition coefficient (Wildman–Crippen LogP) is 4.51. The molecule has 1 heterocycles. The van der Waals surface area contributed by atoms with Crippen LogP contribution in [0, 0.1) is 10.7 Å². The number of rotatable bonds is 3. The lowest BCUT2D eigenvalue weighted by molar-refractivity contribution is 0.520. The summed E-state index contributed by atoms with van der Waals surface area (Å²) in [5, 5.41) is 0. The number of nitrogens with one attached hydrogen (secondary N) is 1. The van der Waals surface area contributed by atoms with E-state index < -0.39 is 0 Å². The molecule has 0 aliphatic carbocycles. The Morgan fingerprint density at radius 1 is 1.44 bits per heavy atom. The number of H-pyrrole nitrogens is 1. The maximum absolute atomic E-state index is 5.34. The van der Waals surface area contributed by atoms with Crippen LogP contribution in [0.15, 0.2) is 22.7 Å². The number of hydrogen-bond donors (Lipinski definition) is 1. The molecule has 0 unspecified atom stereocenters. The molecule has 2 rings (SSSR count). The van der Waals surface area contributed by atoms with Gasteiger partial charge in [-0.1, -0.05) is 29.8 Å². The number of hydrogen-bond acceptors (Lipinski definition) is 1. The second-order valence-electron chi connectivity index (χ2n) is 4.43. The van der Waals surface area contributed by atoms with Crippen molar-refractivity contribution in [3.8, 4) is 0 Å². The van der Waals surface area contributed by atoms with Gasteiger partial charge in [-0.05, 0) is 42.8 Å². The first-order valence-electron chi connectivity index (χ1n) is 5.46. The molecule has 0 spiro atoms. The highest BCUT2D eigenvalue weighted by Gasteiger charge is 2.05. The van der Waals surface area contributed by atoms with Crippen LogP contribution in [-0.4, -0.2) is 9.55 Å². The molecule has 16 heavy (non-hydrogen) atoms. The maximum atomic E-state index is 5.34. The first-order chi connectivity index (χ1) is 7.58. The fraction of sp³-hybridized carbons (Fsp3) is 0.417. The van der Waals surface area contributed by atoms with Crippen molar-refractivity contribution in [1.82, 2.24) is 9.55 Å². The molecule has 4 heteroatoms. The van der Waals surface area contributed by atoms with Crippen LogP contribution >= 0.6 is 28.1 Å². The van der Waals surface area contributed by atoms with E-state index in [2.05, 4.69) is 57.5 Å². The first-order valence-corrected chi connectivity index (χ1v) is 6.66. The molecule has 1 aromatic heterocycles. The third kappa shape index (κ3) is 2.38. The van der Waals surface area contributed by atoms with E-state index in [0.717, 1.165) is 27.7 Å². The normalized spacial score (nSPS) is 11.5. The number of aryl methyl sites for hydroxylation is 1. The summed E-state index contributed by atoms with van der Waals surface area (Å²) in [5.41, 5.74) is 2.29. The van der Waals surface area contributed by atoms with Gasteiger partial charge in [0, 0.05) is 11.0 Å². The van der Waals surface area contributed by atoms with Crippen molar-refractivity contribution in [2.45, 2.75) is 26.8 Å². The van der Waals surface area contributed by atoms with Crippen molar-refractivity contribution in [1.29, 1.82) is 0 Å². The van der Waals surface area contributed by atoms with Gasteiger partial charge in [0.2, 0.25) is 0 Å². The minimum atomic E-state index is 0.697. The van der Waals surface area contributed by atoms with E-state index in [1.165, 1.54) is 5.52 Å². The summed E-state index contributed by atoms with van der Waals surface area (Å²) >= 11 is 8.81. The molecule has 0 aliphatic rings. The standard InChI is InChI=1S/C12H15BrN2S/c1-8(2)5-6-15-11-4-3-9(13)7-10(11)14-12(15)16/h3-4,7-8H,5-6H2,1-2H3,(H,14,16). The van der Waals surface area contributed by atoms with Crippen LogP contribution in [-0.2, 0) is 6.54 Å². The number of fused-ring (bicyclic) bond motifs is 1. The molecule has 0 atom stereocenters. The van der Waals surface area contributed by atoms with Crippen molar-refractivity contribution in [3.05, 3.63) is 27.4 Å². The number of aromatic nitrogens is 2. The zero-order valence-electron chi connectivity index (χ0n) is 9.46. The summed E-state index contributed by atoms with van der Waals surface area (Å²) < 4.78 is 4.07. The van der Waals surface area contributed by atoms with Crippen molar-refractivity contribution in [2.24, 2.45) is 5.92 Å². The predicted molar refractivity (Wildman–Crippen MR) is 74.3 cm³/mol. The molecule has 0 aliphatic heterocycles. The van der Waals surface area contributed by atoms with Gasteiger partial charge in [-0.15, -0.1) is 0 Å². The topological polar surface area (TPSA) is 20.7 Å². The minimum absolute atomic E-state index is 0.697. The molecule has 86 valence electrons. The quantitative estimate of drug-likeness (QED) is 0.827. The van der Waals surface area contributed by atoms with Gasteiger partial charge in [-0.2, -0.15) is 0 Å². The number of nitrogens with zero attached hydrogens (tertiary/aromatic N) is 1. The van der Waals surface area contributed by atoms with Gasteiger partial charge in [0.1, 0.15) is 0 Å². The van der Waals surface area contributed by atoms with E-state index in [-0.39, 0.29) is 0 Å². The lowest BCUT2D eigenvalue weighted by Gasteiger charge is -2.06. The van der Waals surface area contributed by atoms with Crippen molar-refractivity contribution >= 4 is 39.2 Å². The molecule has 2 nitrogen and oxygen atoms in total. The van der Waals surface area contributed by atoms with Crippen LogP contribution in [0.2, 0.25) is 0 Å². The fourth-order valence-electron chi connectivity index (χ4n) is 1.75. The number of imidazole rings is 1. The van der Waals surface area contributed by atoms with Gasteiger partial charge in [-0.25, -0.2) is 0 Å². The molecule has 0 bridgehead atoms. The fourth-order valence-corrected chi connectivity index (χ4v) is 2.41. The zero-order valence-corrected chi connectivity index (χ0v) is 11.9. The average molecular weight is 299 g/mol. The highest BCUT2D eigenvalue weighted by Crippen LogP contribution is 2.20. The molecular weight excluding hydrogens is 284 g/mol. The maximum Gasteiger partial charge on any atom is 0.178 e. The summed E-state index contributed by atoms with van der Waals surface area (Å²) in [5.74, 6) is 0.697. The Bertz CT molecular complexity index is 554. The second kappa shape index (κ2) is 4.72. The van der Waals surface area contributed by atoms with Gasteiger partial charge in [0.05, 0.1) is 11.0 Å². The van der Waals surface area contributed by atoms with Crippen molar-refractivity contribution in [3.63, 3.8) is 0 Å². The largest absolute Gasteiger partial charge is 0.331 e. The molecule has 0 amide bonds. The molecule has 1 N–H and O–H groups in total. The lowest BCUT2D eigenvalue weighted by atomic mass is 10.1. The number of aromatic amines is 1. The summed E-state index contributed by atoms with van der Waals surface area (Å²) in [7, 11) is 0. The molecule has 0 saturated heterocycles. The number of benzene rings is 1. The summed E-state index contributed by atoms with van der Waals surface area (Å²) in [4.78, 5) is 3.24. The Morgan fingerprint density at radius 3 is 2.88 bits per heavy atom. The Hall–Kier alpha value is -0.610. The van der Waals surface area contributed by atoms with Crippen molar-refractivity contribution < 1.29 is 0 Å². The van der Waals surface area contributed by atoms with Crippen LogP contribution < -0.4 is 0 Å². The van der Waals surface area contributed by atoms with E-state index in [9.17, 15) is 0 Å². The van der Waals surface area contributed by atoms with Crippen LogP contribution in [0.5, 0.6) is 0 Å². The second-order valence-corrected chi connectivity index (χ2v) is 5.73. The summed E-state index contributed by atoms with van der Waals surface area (Å²) in [6, 6.07) is 6.22. The molecule has 0 radical (unpaired) electrons. The van der Waals surface area contributed by atoms with Gasteiger partial charge in [0.15, 0.2) is 4.77 Å². The van der Waals surface area contributed by atoms with Crippen LogP contribution in [0.1, 0.15) is 20.3 Å². The molecule has 0 fully saturated rings. The highest BCUT2D eigenvalue weighted by atomic mass is 79.9. The van der Waals surface area contributed by atoms with Gasteiger partial charge in [0.25, 0.3) is 0 Å². The molecule has 2 aromatic rings. The highest BCUT2D eigenvalue weighted by molar-refractivity contribution is 9.10. The Labute approximate surface area is 109 Å². The molecule has 0 saturated carbocycles. The summed E-state index contributed by atoms with van der Waals surface area (Å²) in [6.45, 7) is 5.45. The van der Waals surface area contributed by atoms with Gasteiger partial charge >= 0.3 is 0 Å². The van der Waals surface area contributed by atoms with E-state index in [1.807, 2.05) is 0 Å². The van der Waals surface area contributed by atoms with E-state index in [1.54, 1.807) is 0 Å². The van der Waals surface area contributed by atoms with Crippen LogP contribution in [0.3, 0.4) is 0 Å². The van der Waals surface area contributed by atoms with Crippen LogP contribution in [0.4, 0.5) is 0 Å². The van der Waals surface area contributed by atoms with Gasteiger partial charge < -0.3 is 9.55 Å². The SMILES string of the molecule is CC(C)CCn1c(=S)[nH]c2cc(Br)ccc21. The monoisotopic (exact) mass is 298 g/mol. The number of halogens is 1. The van der Waals surface area contributed by atoms with Crippen molar-refractivity contribution in [2.75, 3.05) is 0 Å².